The zero-order valence-corrected chi connectivity index (χ0v) is 12.7. The topological polar surface area (TPSA) is 74.8 Å². The van der Waals surface area contributed by atoms with Crippen LogP contribution in [-0.4, -0.2) is 15.9 Å². The van der Waals surface area contributed by atoms with Gasteiger partial charge in [0.25, 0.3) is 11.5 Å². The highest BCUT2D eigenvalue weighted by Crippen LogP contribution is 2.20. The van der Waals surface area contributed by atoms with Crippen molar-refractivity contribution in [3.05, 3.63) is 69.0 Å². The molecule has 0 radical (unpaired) electrons. The molecule has 7 heteroatoms. The number of amides is 1. The molecule has 5 nitrogen and oxygen atoms in total. The molecule has 0 saturated heterocycles. The molecule has 2 N–H and O–H groups in total. The van der Waals surface area contributed by atoms with Crippen LogP contribution in [0.3, 0.4) is 0 Å². The van der Waals surface area contributed by atoms with E-state index in [0.29, 0.717) is 22.4 Å². The second-order valence-corrected chi connectivity index (χ2v) is 5.35. The zero-order chi connectivity index (χ0) is 16.6. The SMILES string of the molecule is Cc1nc2ccc(NC(=O)c3cccc(Cl)c3F)cc2c(=O)[nH]1. The van der Waals surface area contributed by atoms with Crippen molar-refractivity contribution in [1.82, 2.24) is 9.97 Å². The number of hydrogen-bond donors (Lipinski definition) is 2. The number of halogens is 2. The lowest BCUT2D eigenvalue weighted by molar-refractivity contribution is 0.102. The smallest absolute Gasteiger partial charge is 0.258 e. The monoisotopic (exact) mass is 331 g/mol. The van der Waals surface area contributed by atoms with Gasteiger partial charge in [0, 0.05) is 5.69 Å². The maximum Gasteiger partial charge on any atom is 0.258 e. The van der Waals surface area contributed by atoms with E-state index in [4.69, 9.17) is 11.6 Å². The third-order valence-electron chi connectivity index (χ3n) is 3.28. The Balaban J connectivity index is 1.97. The molecule has 2 aromatic carbocycles. The van der Waals surface area contributed by atoms with E-state index in [2.05, 4.69) is 15.3 Å². The Hall–Kier alpha value is -2.73. The van der Waals surface area contributed by atoms with Crippen LogP contribution in [0.1, 0.15) is 16.2 Å². The molecule has 0 saturated carbocycles. The van der Waals surface area contributed by atoms with Gasteiger partial charge in [-0.3, -0.25) is 9.59 Å². The van der Waals surface area contributed by atoms with Gasteiger partial charge >= 0.3 is 0 Å². The highest BCUT2D eigenvalue weighted by Gasteiger charge is 2.14. The highest BCUT2D eigenvalue weighted by atomic mass is 35.5. The number of rotatable bonds is 2. The number of carbonyl (C=O) groups excluding carboxylic acids is 1. The fourth-order valence-corrected chi connectivity index (χ4v) is 2.39. The lowest BCUT2D eigenvalue weighted by Gasteiger charge is -2.08. The maximum absolute atomic E-state index is 13.9. The molecule has 0 spiro atoms. The van der Waals surface area contributed by atoms with Gasteiger partial charge in [-0.2, -0.15) is 0 Å². The maximum atomic E-state index is 13.9. The Morgan fingerprint density at radius 3 is 2.87 bits per heavy atom. The molecule has 0 bridgehead atoms. The zero-order valence-electron chi connectivity index (χ0n) is 12.0. The molecule has 3 rings (SSSR count). The second kappa shape index (κ2) is 5.81. The molecule has 116 valence electrons. The number of nitrogens with zero attached hydrogens (tertiary/aromatic N) is 1. The molecule has 1 heterocycles. The van der Waals surface area contributed by atoms with Gasteiger partial charge in [0.05, 0.1) is 21.5 Å². The van der Waals surface area contributed by atoms with Crippen molar-refractivity contribution in [1.29, 1.82) is 0 Å². The summed E-state index contributed by atoms with van der Waals surface area (Å²) in [7, 11) is 0. The third kappa shape index (κ3) is 2.93. The van der Waals surface area contributed by atoms with E-state index in [9.17, 15) is 14.0 Å². The molecule has 23 heavy (non-hydrogen) atoms. The standard InChI is InChI=1S/C16H11ClFN3O2/c1-8-19-13-6-5-9(7-11(13)16(23)20-8)21-15(22)10-3-2-4-12(17)14(10)18/h2-7H,1H3,(H,21,22)(H,19,20,23). The van der Waals surface area contributed by atoms with Gasteiger partial charge in [0.2, 0.25) is 0 Å². The summed E-state index contributed by atoms with van der Waals surface area (Å²) in [4.78, 5) is 30.9. The minimum atomic E-state index is -0.789. The molecule has 0 aliphatic rings. The van der Waals surface area contributed by atoms with Crippen LogP contribution in [0.15, 0.2) is 41.2 Å². The number of aromatic nitrogens is 2. The quantitative estimate of drug-likeness (QED) is 0.756. The van der Waals surface area contributed by atoms with Crippen molar-refractivity contribution in [3.8, 4) is 0 Å². The van der Waals surface area contributed by atoms with Gasteiger partial charge in [-0.05, 0) is 37.3 Å². The van der Waals surface area contributed by atoms with Crippen LogP contribution in [0.2, 0.25) is 5.02 Å². The molecular formula is C16H11ClFN3O2. The van der Waals surface area contributed by atoms with E-state index in [1.807, 2.05) is 0 Å². The first-order valence-electron chi connectivity index (χ1n) is 6.72. The molecule has 0 unspecified atom stereocenters. The normalized spacial score (nSPS) is 10.7. The largest absolute Gasteiger partial charge is 0.322 e. The highest BCUT2D eigenvalue weighted by molar-refractivity contribution is 6.31. The number of aromatic amines is 1. The average Bonchev–Trinajstić information content (AvgIpc) is 2.50. The number of hydrogen-bond acceptors (Lipinski definition) is 3. The second-order valence-electron chi connectivity index (χ2n) is 4.94. The Morgan fingerprint density at radius 2 is 2.09 bits per heavy atom. The van der Waals surface area contributed by atoms with Gasteiger partial charge in [-0.25, -0.2) is 9.37 Å². The van der Waals surface area contributed by atoms with Crippen LogP contribution < -0.4 is 10.9 Å². The van der Waals surface area contributed by atoms with E-state index in [-0.39, 0.29) is 16.1 Å². The van der Waals surface area contributed by atoms with Crippen LogP contribution in [0.5, 0.6) is 0 Å². The van der Waals surface area contributed by atoms with Gasteiger partial charge in [0.15, 0.2) is 5.82 Å². The van der Waals surface area contributed by atoms with Crippen molar-refractivity contribution in [3.63, 3.8) is 0 Å². The van der Waals surface area contributed by atoms with E-state index in [0.717, 1.165) is 0 Å². The van der Waals surface area contributed by atoms with Crippen LogP contribution in [0.4, 0.5) is 10.1 Å². The first-order chi connectivity index (χ1) is 11.0. The van der Waals surface area contributed by atoms with Crippen molar-refractivity contribution in [2.45, 2.75) is 6.92 Å². The lowest BCUT2D eigenvalue weighted by Crippen LogP contribution is -2.15. The van der Waals surface area contributed by atoms with E-state index < -0.39 is 11.7 Å². The molecule has 3 aromatic rings. The van der Waals surface area contributed by atoms with Crippen molar-refractivity contribution < 1.29 is 9.18 Å². The molecule has 0 aliphatic heterocycles. The Bertz CT molecular complexity index is 985. The van der Waals surface area contributed by atoms with E-state index in [1.165, 1.54) is 24.3 Å². The minimum absolute atomic E-state index is 0.132. The fourth-order valence-electron chi connectivity index (χ4n) is 2.21. The van der Waals surface area contributed by atoms with Crippen LogP contribution in [0, 0.1) is 12.7 Å². The van der Waals surface area contributed by atoms with E-state index >= 15 is 0 Å². The molecular weight excluding hydrogens is 321 g/mol. The number of aryl methyl sites for hydroxylation is 1. The van der Waals surface area contributed by atoms with Crippen LogP contribution in [-0.2, 0) is 0 Å². The molecule has 1 aromatic heterocycles. The predicted molar refractivity (Wildman–Crippen MR) is 86.5 cm³/mol. The average molecular weight is 332 g/mol. The Labute approximate surface area is 135 Å². The van der Waals surface area contributed by atoms with Gasteiger partial charge < -0.3 is 10.3 Å². The molecule has 0 atom stereocenters. The molecule has 1 amide bonds. The summed E-state index contributed by atoms with van der Waals surface area (Å²) >= 11 is 5.67. The van der Waals surface area contributed by atoms with Gasteiger partial charge in [-0.15, -0.1) is 0 Å². The number of anilines is 1. The fraction of sp³-hybridized carbons (Fsp3) is 0.0625. The van der Waals surface area contributed by atoms with Crippen LogP contribution in [0.25, 0.3) is 10.9 Å². The number of H-pyrrole nitrogens is 1. The first-order valence-corrected chi connectivity index (χ1v) is 7.09. The number of carbonyl (C=O) groups is 1. The van der Waals surface area contributed by atoms with Crippen molar-refractivity contribution >= 4 is 34.1 Å². The summed E-state index contributed by atoms with van der Waals surface area (Å²) in [5.41, 5.74) is 0.391. The molecule has 0 fully saturated rings. The minimum Gasteiger partial charge on any atom is -0.322 e. The number of benzene rings is 2. The third-order valence-corrected chi connectivity index (χ3v) is 3.57. The number of nitrogens with one attached hydrogen (secondary N) is 2. The van der Waals surface area contributed by atoms with Crippen LogP contribution >= 0.6 is 11.6 Å². The predicted octanol–water partition coefficient (Wildman–Crippen LogP) is 3.28. The molecule has 0 aliphatic carbocycles. The summed E-state index contributed by atoms with van der Waals surface area (Å²) in [5.74, 6) is -0.941. The first kappa shape index (κ1) is 15.2. The van der Waals surface area contributed by atoms with E-state index in [1.54, 1.807) is 19.1 Å². The Morgan fingerprint density at radius 1 is 1.30 bits per heavy atom. The lowest BCUT2D eigenvalue weighted by atomic mass is 10.1. The summed E-state index contributed by atoms with van der Waals surface area (Å²) in [6, 6.07) is 8.86. The van der Waals surface area contributed by atoms with Crippen molar-refractivity contribution in [2.75, 3.05) is 5.32 Å². The van der Waals surface area contributed by atoms with Crippen molar-refractivity contribution in [2.24, 2.45) is 0 Å². The summed E-state index contributed by atoms with van der Waals surface area (Å²) < 4.78 is 13.9. The van der Waals surface area contributed by atoms with Gasteiger partial charge in [-0.1, -0.05) is 17.7 Å². The summed E-state index contributed by atoms with van der Waals surface area (Å²) in [6.45, 7) is 1.68. The summed E-state index contributed by atoms with van der Waals surface area (Å²) in [5, 5.41) is 2.74. The summed E-state index contributed by atoms with van der Waals surface area (Å²) in [6.07, 6.45) is 0. The van der Waals surface area contributed by atoms with Gasteiger partial charge in [0.1, 0.15) is 5.82 Å². The Kier molecular flexibility index (Phi) is 3.83. The number of fused-ring (bicyclic) bond motifs is 1.